The molecule has 3 aromatic rings. The second-order valence-electron chi connectivity index (χ2n) is 6.12. The Kier molecular flexibility index (Phi) is 4.74. The van der Waals surface area contributed by atoms with Crippen molar-refractivity contribution in [3.05, 3.63) is 53.3 Å². The molecule has 130 valence electrons. The molecular formula is C20H23N3O2. The van der Waals surface area contributed by atoms with Crippen LogP contribution in [-0.2, 0) is 0 Å². The fourth-order valence-corrected chi connectivity index (χ4v) is 2.83. The topological polar surface area (TPSA) is 56.3 Å². The summed E-state index contributed by atoms with van der Waals surface area (Å²) in [4.78, 5) is 9.12. The predicted molar refractivity (Wildman–Crippen MR) is 101 cm³/mol. The normalized spacial score (nSPS) is 12.0. The van der Waals surface area contributed by atoms with Crippen molar-refractivity contribution < 1.29 is 9.47 Å². The van der Waals surface area contributed by atoms with Gasteiger partial charge in [0.1, 0.15) is 11.6 Å². The summed E-state index contributed by atoms with van der Waals surface area (Å²) in [5.74, 6) is 2.81. The summed E-state index contributed by atoms with van der Waals surface area (Å²) in [5.41, 5.74) is 3.27. The van der Waals surface area contributed by atoms with Gasteiger partial charge >= 0.3 is 0 Å². The van der Waals surface area contributed by atoms with Crippen LogP contribution in [0.15, 0.2) is 36.4 Å². The van der Waals surface area contributed by atoms with E-state index in [0.29, 0.717) is 17.3 Å². The molecule has 1 N–H and O–H groups in total. The van der Waals surface area contributed by atoms with E-state index in [-0.39, 0.29) is 6.04 Å². The lowest BCUT2D eigenvalue weighted by Crippen LogP contribution is -2.09. The number of nitrogens with zero attached hydrogens (tertiary/aromatic N) is 2. The van der Waals surface area contributed by atoms with Crippen LogP contribution in [0, 0.1) is 13.8 Å². The van der Waals surface area contributed by atoms with E-state index in [9.17, 15) is 0 Å². The van der Waals surface area contributed by atoms with Crippen LogP contribution >= 0.6 is 0 Å². The number of hydrogen-bond acceptors (Lipinski definition) is 5. The number of benzene rings is 2. The fourth-order valence-electron chi connectivity index (χ4n) is 2.83. The molecule has 0 bridgehead atoms. The molecule has 1 aromatic heterocycles. The van der Waals surface area contributed by atoms with E-state index in [0.717, 1.165) is 16.7 Å². The number of methoxy groups -OCH3 is 2. The van der Waals surface area contributed by atoms with Crippen LogP contribution in [0.2, 0.25) is 0 Å². The van der Waals surface area contributed by atoms with Crippen LogP contribution in [0.3, 0.4) is 0 Å². The molecule has 5 nitrogen and oxygen atoms in total. The number of ether oxygens (including phenoxy) is 2. The second kappa shape index (κ2) is 6.97. The first-order valence-corrected chi connectivity index (χ1v) is 8.25. The molecular weight excluding hydrogens is 314 g/mol. The van der Waals surface area contributed by atoms with Gasteiger partial charge in [-0.3, -0.25) is 0 Å². The van der Waals surface area contributed by atoms with E-state index in [1.54, 1.807) is 14.2 Å². The predicted octanol–water partition coefficient (Wildman–Crippen LogP) is 4.44. The zero-order chi connectivity index (χ0) is 18.0. The van der Waals surface area contributed by atoms with Gasteiger partial charge in [-0.25, -0.2) is 9.97 Å². The highest BCUT2D eigenvalue weighted by Gasteiger charge is 2.14. The minimum Gasteiger partial charge on any atom is -0.493 e. The van der Waals surface area contributed by atoms with E-state index in [4.69, 9.17) is 9.47 Å². The third-order valence-electron chi connectivity index (χ3n) is 4.24. The van der Waals surface area contributed by atoms with Crippen LogP contribution in [0.25, 0.3) is 10.9 Å². The molecule has 0 saturated heterocycles. The third-order valence-corrected chi connectivity index (χ3v) is 4.24. The molecule has 1 heterocycles. The highest BCUT2D eigenvalue weighted by molar-refractivity contribution is 5.92. The monoisotopic (exact) mass is 337 g/mol. The third kappa shape index (κ3) is 3.50. The Morgan fingerprint density at radius 2 is 1.56 bits per heavy atom. The molecule has 0 aliphatic heterocycles. The Bertz CT molecular complexity index is 892. The number of hydrogen-bond donors (Lipinski definition) is 1. The van der Waals surface area contributed by atoms with Crippen LogP contribution in [0.5, 0.6) is 11.5 Å². The summed E-state index contributed by atoms with van der Waals surface area (Å²) in [6, 6.07) is 12.4. The van der Waals surface area contributed by atoms with Gasteiger partial charge in [0, 0.05) is 17.5 Å². The molecule has 0 aliphatic rings. The molecule has 0 spiro atoms. The molecule has 0 aliphatic carbocycles. The summed E-state index contributed by atoms with van der Waals surface area (Å²) in [7, 11) is 3.25. The summed E-state index contributed by atoms with van der Waals surface area (Å²) >= 11 is 0. The Morgan fingerprint density at radius 1 is 0.920 bits per heavy atom. The largest absolute Gasteiger partial charge is 0.493 e. The SMILES string of the molecule is COc1cc2nc(C)nc(N[C@H](C)c3ccc(C)cc3)c2cc1OC. The minimum atomic E-state index is 0.117. The van der Waals surface area contributed by atoms with Crippen LogP contribution in [0.4, 0.5) is 5.82 Å². The summed E-state index contributed by atoms with van der Waals surface area (Å²) in [6.45, 7) is 6.09. The molecule has 25 heavy (non-hydrogen) atoms. The zero-order valence-corrected chi connectivity index (χ0v) is 15.3. The molecule has 1 atom stereocenters. The Morgan fingerprint density at radius 3 is 2.20 bits per heavy atom. The molecule has 0 fully saturated rings. The molecule has 0 amide bonds. The minimum absolute atomic E-state index is 0.117. The quantitative estimate of drug-likeness (QED) is 0.746. The maximum absolute atomic E-state index is 5.42. The number of rotatable bonds is 5. The van der Waals surface area contributed by atoms with E-state index < -0.39 is 0 Å². The molecule has 0 unspecified atom stereocenters. The summed E-state index contributed by atoms with van der Waals surface area (Å²) in [6.07, 6.45) is 0. The lowest BCUT2D eigenvalue weighted by Gasteiger charge is -2.18. The van der Waals surface area contributed by atoms with E-state index in [2.05, 4.69) is 53.4 Å². The summed E-state index contributed by atoms with van der Waals surface area (Å²) in [5, 5.41) is 4.41. The van der Waals surface area contributed by atoms with Crippen LogP contribution in [-0.4, -0.2) is 24.2 Å². The molecule has 2 aromatic carbocycles. The highest BCUT2D eigenvalue weighted by atomic mass is 16.5. The lowest BCUT2D eigenvalue weighted by atomic mass is 10.1. The Balaban J connectivity index is 2.03. The first kappa shape index (κ1) is 17.0. The van der Waals surface area contributed by atoms with Gasteiger partial charge < -0.3 is 14.8 Å². The van der Waals surface area contributed by atoms with Crippen molar-refractivity contribution in [2.24, 2.45) is 0 Å². The average molecular weight is 337 g/mol. The van der Waals surface area contributed by atoms with Gasteiger partial charge in [-0.2, -0.15) is 0 Å². The van der Waals surface area contributed by atoms with Crippen LogP contribution < -0.4 is 14.8 Å². The maximum Gasteiger partial charge on any atom is 0.162 e. The van der Waals surface area contributed by atoms with Crippen molar-refractivity contribution in [1.29, 1.82) is 0 Å². The first-order valence-electron chi connectivity index (χ1n) is 8.25. The van der Waals surface area contributed by atoms with E-state index in [1.807, 2.05) is 19.1 Å². The van der Waals surface area contributed by atoms with Gasteiger partial charge in [-0.15, -0.1) is 0 Å². The van der Waals surface area contributed by atoms with Gasteiger partial charge in [0.05, 0.1) is 19.7 Å². The number of aryl methyl sites for hydroxylation is 2. The van der Waals surface area contributed by atoms with Crippen molar-refractivity contribution in [2.75, 3.05) is 19.5 Å². The van der Waals surface area contributed by atoms with Gasteiger partial charge in [-0.05, 0) is 32.4 Å². The van der Waals surface area contributed by atoms with Crippen molar-refractivity contribution in [2.45, 2.75) is 26.8 Å². The average Bonchev–Trinajstić information content (AvgIpc) is 2.61. The first-order chi connectivity index (χ1) is 12.0. The van der Waals surface area contributed by atoms with Crippen molar-refractivity contribution in [3.63, 3.8) is 0 Å². The standard InChI is InChI=1S/C20H23N3O2/c1-12-6-8-15(9-7-12)13(2)21-20-16-10-18(24-4)19(25-5)11-17(16)22-14(3)23-20/h6-11,13H,1-5H3,(H,21,22,23)/t13-/m1/s1. The van der Waals surface area contributed by atoms with Crippen molar-refractivity contribution in [1.82, 2.24) is 9.97 Å². The van der Waals surface area contributed by atoms with Gasteiger partial charge in [-0.1, -0.05) is 29.8 Å². The maximum atomic E-state index is 5.42. The smallest absolute Gasteiger partial charge is 0.162 e. The van der Waals surface area contributed by atoms with E-state index >= 15 is 0 Å². The molecule has 3 rings (SSSR count). The Hall–Kier alpha value is -2.82. The highest BCUT2D eigenvalue weighted by Crippen LogP contribution is 2.35. The van der Waals surface area contributed by atoms with Gasteiger partial charge in [0.15, 0.2) is 11.5 Å². The van der Waals surface area contributed by atoms with Gasteiger partial charge in [0.2, 0.25) is 0 Å². The van der Waals surface area contributed by atoms with Gasteiger partial charge in [0.25, 0.3) is 0 Å². The Labute approximate surface area is 148 Å². The number of nitrogens with one attached hydrogen (secondary N) is 1. The van der Waals surface area contributed by atoms with Crippen LogP contribution in [0.1, 0.15) is 29.9 Å². The van der Waals surface area contributed by atoms with E-state index in [1.165, 1.54) is 11.1 Å². The molecule has 0 radical (unpaired) electrons. The number of aromatic nitrogens is 2. The fraction of sp³-hybridized carbons (Fsp3) is 0.300. The van der Waals surface area contributed by atoms with Crippen molar-refractivity contribution in [3.8, 4) is 11.5 Å². The molecule has 5 heteroatoms. The number of anilines is 1. The zero-order valence-electron chi connectivity index (χ0n) is 15.3. The number of fused-ring (bicyclic) bond motifs is 1. The van der Waals surface area contributed by atoms with Crippen molar-refractivity contribution >= 4 is 16.7 Å². The molecule has 0 saturated carbocycles. The lowest BCUT2D eigenvalue weighted by molar-refractivity contribution is 0.356. The summed E-state index contributed by atoms with van der Waals surface area (Å²) < 4.78 is 10.8. The second-order valence-corrected chi connectivity index (χ2v) is 6.12.